The molecule has 0 saturated carbocycles. The second-order valence-corrected chi connectivity index (χ2v) is 11.2. The number of nitrogens with one attached hydrogen (secondary N) is 2. The number of hydrogen-bond donors (Lipinski definition) is 4. The molecule has 1 aromatic rings. The predicted octanol–water partition coefficient (Wildman–Crippen LogP) is 1.04. The minimum absolute atomic E-state index is 0.0499. The van der Waals surface area contributed by atoms with Gasteiger partial charge in [-0.1, -0.05) is 39.8 Å². The monoisotopic (exact) mass is 507 g/mol. The number of nitrogens with zero attached hydrogens (tertiary/aromatic N) is 1. The zero-order valence-corrected chi connectivity index (χ0v) is 21.2. The number of carbonyl (C=O) groups is 3. The van der Waals surface area contributed by atoms with Gasteiger partial charge in [-0.3, -0.25) is 9.59 Å². The Morgan fingerprint density at radius 2 is 1.74 bits per heavy atom. The van der Waals surface area contributed by atoms with Crippen LogP contribution in [0.3, 0.4) is 0 Å². The van der Waals surface area contributed by atoms with Crippen molar-refractivity contribution in [1.82, 2.24) is 14.9 Å². The third-order valence-corrected chi connectivity index (χ3v) is 6.75. The molecular weight excluding hydrogens is 474 g/mol. The molecule has 1 aliphatic rings. The number of aliphatic hydroxyl groups excluding tert-OH is 1. The summed E-state index contributed by atoms with van der Waals surface area (Å²) in [6.45, 7) is 7.33. The Morgan fingerprint density at radius 1 is 1.11 bits per heavy atom. The van der Waals surface area contributed by atoms with Gasteiger partial charge in [-0.05, 0) is 36.3 Å². The summed E-state index contributed by atoms with van der Waals surface area (Å²) >= 11 is 0. The van der Waals surface area contributed by atoms with E-state index >= 15 is 0 Å². The van der Waals surface area contributed by atoms with Crippen LogP contribution in [0, 0.1) is 11.3 Å². The average molecular weight is 508 g/mol. The molecule has 0 spiro atoms. The first-order valence-corrected chi connectivity index (χ1v) is 12.7. The van der Waals surface area contributed by atoms with E-state index in [0.29, 0.717) is 13.0 Å². The summed E-state index contributed by atoms with van der Waals surface area (Å²) in [6.07, 6.45) is 3.05. The highest BCUT2D eigenvalue weighted by Crippen LogP contribution is 2.23. The largest absolute Gasteiger partial charge is 0.477 e. The minimum Gasteiger partial charge on any atom is -0.477 e. The van der Waals surface area contributed by atoms with Gasteiger partial charge in [0.1, 0.15) is 5.70 Å². The third kappa shape index (κ3) is 7.93. The molecule has 1 heterocycles. The number of rotatable bonds is 11. The predicted molar refractivity (Wildman–Crippen MR) is 130 cm³/mol. The first-order valence-electron chi connectivity index (χ1n) is 11.2. The van der Waals surface area contributed by atoms with Gasteiger partial charge >= 0.3 is 5.97 Å². The lowest BCUT2D eigenvalue weighted by molar-refractivity contribution is -0.135. The summed E-state index contributed by atoms with van der Waals surface area (Å²) < 4.78 is 27.5. The van der Waals surface area contributed by atoms with Crippen LogP contribution in [-0.4, -0.2) is 67.6 Å². The van der Waals surface area contributed by atoms with Crippen LogP contribution >= 0.6 is 0 Å². The number of aliphatic carboxylic acids is 1. The summed E-state index contributed by atoms with van der Waals surface area (Å²) in [6, 6.07) is 5.98. The Kier molecular flexibility index (Phi) is 9.22. The van der Waals surface area contributed by atoms with Crippen LogP contribution in [-0.2, 0) is 30.8 Å². The molecule has 11 heteroatoms. The summed E-state index contributed by atoms with van der Waals surface area (Å²) in [5.41, 5.74) is 0.206. The van der Waals surface area contributed by atoms with Gasteiger partial charge in [0.2, 0.25) is 5.91 Å². The Labute approximate surface area is 205 Å². The van der Waals surface area contributed by atoms with E-state index in [1.54, 1.807) is 39.8 Å². The smallest absolute Gasteiger partial charge is 0.352 e. The number of allylic oxidation sites excluding steroid dienone is 2. The number of carbonyl (C=O) groups excluding carboxylic acids is 2. The summed E-state index contributed by atoms with van der Waals surface area (Å²) in [5, 5.41) is 21.8. The van der Waals surface area contributed by atoms with E-state index in [9.17, 15) is 33.0 Å². The van der Waals surface area contributed by atoms with Crippen molar-refractivity contribution in [3.63, 3.8) is 0 Å². The van der Waals surface area contributed by atoms with E-state index in [1.807, 2.05) is 4.72 Å². The Morgan fingerprint density at radius 3 is 2.29 bits per heavy atom. The SMILES string of the molecule is CC(C)C(=O)NCCc1ccc(S(=O)(=O)NC(=O)C2=CC=C(C(=O)O)N(CC(C)(C)CO)C2)cc1. The van der Waals surface area contributed by atoms with Gasteiger partial charge in [-0.15, -0.1) is 0 Å². The fourth-order valence-electron chi connectivity index (χ4n) is 3.31. The van der Waals surface area contributed by atoms with Gasteiger partial charge in [0, 0.05) is 43.1 Å². The van der Waals surface area contributed by atoms with E-state index in [1.165, 1.54) is 29.2 Å². The second-order valence-electron chi connectivity index (χ2n) is 9.50. The summed E-state index contributed by atoms with van der Waals surface area (Å²) in [4.78, 5) is 37.2. The molecule has 0 radical (unpaired) electrons. The number of sulfonamides is 1. The van der Waals surface area contributed by atoms with Crippen LogP contribution in [0.2, 0.25) is 0 Å². The zero-order chi connectivity index (χ0) is 26.4. The van der Waals surface area contributed by atoms with Crippen LogP contribution in [0.1, 0.15) is 33.3 Å². The van der Waals surface area contributed by atoms with Gasteiger partial charge < -0.3 is 20.4 Å². The van der Waals surface area contributed by atoms with Crippen molar-refractivity contribution in [3.8, 4) is 0 Å². The van der Waals surface area contributed by atoms with E-state index in [-0.39, 0.29) is 47.7 Å². The van der Waals surface area contributed by atoms with E-state index in [4.69, 9.17) is 0 Å². The van der Waals surface area contributed by atoms with Crippen molar-refractivity contribution in [2.24, 2.45) is 11.3 Å². The number of carboxylic acid groups (broad SMARTS) is 1. The molecule has 0 bridgehead atoms. The normalized spacial score (nSPS) is 14.3. The number of aliphatic hydroxyl groups is 1. The van der Waals surface area contributed by atoms with Crippen LogP contribution in [0.25, 0.3) is 0 Å². The molecule has 0 unspecified atom stereocenters. The maximum absolute atomic E-state index is 12.7. The molecule has 1 aliphatic heterocycles. The van der Waals surface area contributed by atoms with Crippen molar-refractivity contribution in [2.75, 3.05) is 26.2 Å². The van der Waals surface area contributed by atoms with Crippen LogP contribution in [0.4, 0.5) is 0 Å². The molecule has 0 aliphatic carbocycles. The number of hydrogen-bond acceptors (Lipinski definition) is 7. The second kappa shape index (κ2) is 11.5. The highest BCUT2D eigenvalue weighted by atomic mass is 32.2. The highest BCUT2D eigenvalue weighted by molar-refractivity contribution is 7.90. The van der Waals surface area contributed by atoms with Gasteiger partial charge in [-0.2, -0.15) is 0 Å². The Balaban J connectivity index is 2.08. The number of carboxylic acids is 1. The Hall–Kier alpha value is -3.18. The number of benzene rings is 1. The molecule has 0 fully saturated rings. The molecule has 0 saturated heterocycles. The molecule has 0 aromatic heterocycles. The van der Waals surface area contributed by atoms with E-state index < -0.39 is 27.3 Å². The van der Waals surface area contributed by atoms with Crippen molar-refractivity contribution in [2.45, 2.75) is 39.0 Å². The zero-order valence-electron chi connectivity index (χ0n) is 20.4. The van der Waals surface area contributed by atoms with Gasteiger partial charge in [0.15, 0.2) is 0 Å². The average Bonchev–Trinajstić information content (AvgIpc) is 2.78. The molecule has 1 aromatic carbocycles. The molecule has 10 nitrogen and oxygen atoms in total. The van der Waals surface area contributed by atoms with Crippen LogP contribution in [0.15, 0.2) is 52.6 Å². The summed E-state index contributed by atoms with van der Waals surface area (Å²) in [7, 11) is -4.16. The fraction of sp³-hybridized carbons (Fsp3) is 0.458. The first kappa shape index (κ1) is 28.1. The maximum atomic E-state index is 12.7. The molecule has 35 heavy (non-hydrogen) atoms. The number of amides is 2. The van der Waals surface area contributed by atoms with E-state index in [0.717, 1.165) is 5.56 Å². The highest BCUT2D eigenvalue weighted by Gasteiger charge is 2.30. The van der Waals surface area contributed by atoms with Gasteiger partial charge in [-0.25, -0.2) is 17.9 Å². The van der Waals surface area contributed by atoms with Crippen LogP contribution < -0.4 is 10.0 Å². The Bertz CT molecular complexity index is 1120. The van der Waals surface area contributed by atoms with Gasteiger partial charge in [0.25, 0.3) is 15.9 Å². The lowest BCUT2D eigenvalue weighted by atomic mass is 9.93. The topological polar surface area (TPSA) is 153 Å². The van der Waals surface area contributed by atoms with Crippen molar-refractivity contribution in [1.29, 1.82) is 0 Å². The van der Waals surface area contributed by atoms with Crippen LogP contribution in [0.5, 0.6) is 0 Å². The fourth-order valence-corrected chi connectivity index (χ4v) is 4.29. The lowest BCUT2D eigenvalue weighted by Gasteiger charge is -2.35. The van der Waals surface area contributed by atoms with E-state index in [2.05, 4.69) is 5.32 Å². The molecule has 2 rings (SSSR count). The summed E-state index contributed by atoms with van der Waals surface area (Å²) in [5.74, 6) is -2.23. The standard InChI is InChI=1S/C24H33N3O7S/c1-16(2)21(29)25-12-11-17-5-8-19(9-6-17)35(33,34)26-22(30)18-7-10-20(23(31)32)27(13-18)14-24(3,4)15-28/h5-10,16,28H,11-15H2,1-4H3,(H,25,29)(H,26,30)(H,31,32). The minimum atomic E-state index is -4.16. The molecule has 2 amide bonds. The maximum Gasteiger partial charge on any atom is 0.352 e. The molecular formula is C24H33N3O7S. The van der Waals surface area contributed by atoms with Crippen molar-refractivity contribution >= 4 is 27.8 Å². The molecule has 192 valence electrons. The van der Waals surface area contributed by atoms with Crippen molar-refractivity contribution < 1.29 is 33.0 Å². The first-order chi connectivity index (χ1) is 16.3. The quantitative estimate of drug-likeness (QED) is 0.347. The molecule has 0 atom stereocenters. The lowest BCUT2D eigenvalue weighted by Crippen LogP contribution is -2.43. The van der Waals surface area contributed by atoms with Gasteiger partial charge in [0.05, 0.1) is 4.90 Å². The third-order valence-electron chi connectivity index (χ3n) is 5.40. The molecule has 4 N–H and O–H groups in total. The van der Waals surface area contributed by atoms with Crippen molar-refractivity contribution in [3.05, 3.63) is 53.3 Å².